The van der Waals surface area contributed by atoms with E-state index in [0.717, 1.165) is 21.9 Å². The van der Waals surface area contributed by atoms with Crippen molar-refractivity contribution in [3.05, 3.63) is 47.5 Å². The number of benzene rings is 2. The second kappa shape index (κ2) is 6.55. The number of aliphatic hydroxyl groups excluding tert-OH is 1. The first kappa shape index (κ1) is 15.5. The molecule has 0 heterocycles. The van der Waals surface area contributed by atoms with Gasteiger partial charge in [0.2, 0.25) is 5.90 Å². The van der Waals surface area contributed by atoms with Gasteiger partial charge >= 0.3 is 0 Å². The molecule has 0 bridgehead atoms. The molecule has 0 aromatic heterocycles. The summed E-state index contributed by atoms with van der Waals surface area (Å²) in [5, 5.41) is 20.0. The van der Waals surface area contributed by atoms with Crippen LogP contribution in [0.4, 0.5) is 0 Å². The monoisotopic (exact) mass is 279 g/mol. The fourth-order valence-electron chi connectivity index (χ4n) is 2.13. The number of rotatable bonds is 3. The highest BCUT2D eigenvalue weighted by Gasteiger charge is 2.19. The number of nitrogens with one attached hydrogen (secondary N) is 1. The topological polar surface area (TPSA) is 53.3 Å². The number of ether oxygens (including phenoxy) is 1. The number of aliphatic hydroxyl groups is 1. The molecule has 2 rings (SSSR count). The van der Waals surface area contributed by atoms with E-state index in [1.54, 1.807) is 6.92 Å². The highest BCUT2D eigenvalue weighted by atomic mass is 35.5. The van der Waals surface area contributed by atoms with Crippen molar-refractivity contribution in [3.63, 3.8) is 0 Å². The zero-order valence-electron chi connectivity index (χ0n) is 11.0. The Morgan fingerprint density at radius 2 is 1.95 bits per heavy atom. The van der Waals surface area contributed by atoms with E-state index in [-0.39, 0.29) is 18.3 Å². The maximum absolute atomic E-state index is 10.2. The Hall–Kier alpha value is -1.58. The maximum atomic E-state index is 10.2. The minimum Gasteiger partial charge on any atom is -0.479 e. The van der Waals surface area contributed by atoms with Crippen molar-refractivity contribution in [2.75, 3.05) is 6.61 Å². The first-order valence-electron chi connectivity index (χ1n) is 6.02. The van der Waals surface area contributed by atoms with Crippen molar-refractivity contribution >= 4 is 29.1 Å². The zero-order chi connectivity index (χ0) is 13.1. The minimum atomic E-state index is -1.00. The van der Waals surface area contributed by atoms with E-state index in [1.807, 2.05) is 43.3 Å². The summed E-state index contributed by atoms with van der Waals surface area (Å²) in [4.78, 5) is 0. The molecule has 2 aromatic carbocycles. The van der Waals surface area contributed by atoms with Crippen molar-refractivity contribution in [1.29, 1.82) is 5.41 Å². The van der Waals surface area contributed by atoms with Gasteiger partial charge in [0.1, 0.15) is 0 Å². The number of hydrogen-bond acceptors (Lipinski definition) is 3. The van der Waals surface area contributed by atoms with Gasteiger partial charge in [-0.15, -0.1) is 12.4 Å². The molecule has 0 amide bonds. The van der Waals surface area contributed by atoms with Crippen LogP contribution in [0.3, 0.4) is 0 Å². The van der Waals surface area contributed by atoms with E-state index in [2.05, 4.69) is 0 Å². The first-order chi connectivity index (χ1) is 8.65. The summed E-state index contributed by atoms with van der Waals surface area (Å²) in [6, 6.07) is 11.8. The summed E-state index contributed by atoms with van der Waals surface area (Å²) >= 11 is 0. The molecule has 0 saturated heterocycles. The molecule has 0 fully saturated rings. The summed E-state index contributed by atoms with van der Waals surface area (Å²) in [6.45, 7) is 4.13. The van der Waals surface area contributed by atoms with Crippen LogP contribution in [0.15, 0.2) is 36.4 Å². The van der Waals surface area contributed by atoms with Crippen LogP contribution in [0, 0.1) is 12.3 Å². The summed E-state index contributed by atoms with van der Waals surface area (Å²) in [7, 11) is 0. The Balaban J connectivity index is 0.00000180. The average molecular weight is 280 g/mol. The van der Waals surface area contributed by atoms with Crippen LogP contribution in [-0.4, -0.2) is 17.6 Å². The average Bonchev–Trinajstić information content (AvgIpc) is 2.38. The van der Waals surface area contributed by atoms with Gasteiger partial charge in [-0.3, -0.25) is 5.41 Å². The van der Waals surface area contributed by atoms with Crippen molar-refractivity contribution in [2.45, 2.75) is 20.0 Å². The van der Waals surface area contributed by atoms with Gasteiger partial charge in [-0.05, 0) is 30.2 Å². The van der Waals surface area contributed by atoms with Gasteiger partial charge in [-0.1, -0.05) is 36.4 Å². The van der Waals surface area contributed by atoms with E-state index in [9.17, 15) is 5.11 Å². The fraction of sp³-hybridized carbons (Fsp3) is 0.267. The Kier molecular flexibility index (Phi) is 5.33. The van der Waals surface area contributed by atoms with Crippen LogP contribution in [0.1, 0.15) is 24.2 Å². The van der Waals surface area contributed by atoms with E-state index >= 15 is 0 Å². The highest BCUT2D eigenvalue weighted by molar-refractivity contribution is 5.92. The summed E-state index contributed by atoms with van der Waals surface area (Å²) in [5.41, 5.74) is 1.72. The Labute approximate surface area is 119 Å². The van der Waals surface area contributed by atoms with Gasteiger partial charge in [0, 0.05) is 5.56 Å². The molecule has 0 aliphatic rings. The van der Waals surface area contributed by atoms with Crippen molar-refractivity contribution in [3.8, 4) is 0 Å². The second-order valence-corrected chi connectivity index (χ2v) is 4.22. The van der Waals surface area contributed by atoms with Gasteiger partial charge in [0.25, 0.3) is 0 Å². The molecule has 19 heavy (non-hydrogen) atoms. The van der Waals surface area contributed by atoms with E-state index in [0.29, 0.717) is 6.61 Å². The lowest BCUT2D eigenvalue weighted by molar-refractivity contribution is 0.191. The molecule has 1 unspecified atom stereocenters. The number of hydrogen-bond donors (Lipinski definition) is 2. The lowest BCUT2D eigenvalue weighted by Gasteiger charge is -2.17. The Bertz CT molecular complexity index is 583. The Morgan fingerprint density at radius 3 is 2.63 bits per heavy atom. The molecule has 102 valence electrons. The molecular formula is C15H18ClNO2. The Morgan fingerprint density at radius 1 is 1.26 bits per heavy atom. The summed E-state index contributed by atoms with van der Waals surface area (Å²) < 4.78 is 5.10. The third kappa shape index (κ3) is 3.06. The summed E-state index contributed by atoms with van der Waals surface area (Å²) in [5.74, 6) is -0.100. The predicted octanol–water partition coefficient (Wildman–Crippen LogP) is 3.62. The van der Waals surface area contributed by atoms with Crippen molar-refractivity contribution < 1.29 is 9.84 Å². The third-order valence-corrected chi connectivity index (χ3v) is 3.01. The summed E-state index contributed by atoms with van der Waals surface area (Å²) in [6.07, 6.45) is -1.00. The molecule has 4 heteroatoms. The van der Waals surface area contributed by atoms with Gasteiger partial charge in [0.15, 0.2) is 6.10 Å². The largest absolute Gasteiger partial charge is 0.479 e. The minimum absolute atomic E-state index is 0. The van der Waals surface area contributed by atoms with Gasteiger partial charge in [-0.2, -0.15) is 0 Å². The quantitative estimate of drug-likeness (QED) is 0.666. The molecule has 0 aliphatic carbocycles. The lowest BCUT2D eigenvalue weighted by atomic mass is 9.95. The van der Waals surface area contributed by atoms with Crippen molar-refractivity contribution in [1.82, 2.24) is 0 Å². The molecule has 1 atom stereocenters. The van der Waals surface area contributed by atoms with Crippen LogP contribution in [0.5, 0.6) is 0 Å². The fourth-order valence-corrected chi connectivity index (χ4v) is 2.13. The van der Waals surface area contributed by atoms with Gasteiger partial charge < -0.3 is 9.84 Å². The zero-order valence-corrected chi connectivity index (χ0v) is 11.8. The number of fused-ring (bicyclic) bond motifs is 1. The van der Waals surface area contributed by atoms with Gasteiger partial charge in [-0.25, -0.2) is 0 Å². The molecule has 2 N–H and O–H groups in total. The second-order valence-electron chi connectivity index (χ2n) is 4.22. The highest BCUT2D eigenvalue weighted by Crippen LogP contribution is 2.28. The third-order valence-electron chi connectivity index (χ3n) is 3.01. The molecule has 0 spiro atoms. The smallest absolute Gasteiger partial charge is 0.214 e. The maximum Gasteiger partial charge on any atom is 0.214 e. The van der Waals surface area contributed by atoms with Crippen LogP contribution < -0.4 is 0 Å². The molecule has 0 aliphatic heterocycles. The predicted molar refractivity (Wildman–Crippen MR) is 80.2 cm³/mol. The van der Waals surface area contributed by atoms with Crippen LogP contribution in [-0.2, 0) is 4.74 Å². The standard InChI is InChI=1S/C15H17NO2.ClH/c1-3-18-15(16)14(17)13-10(2)8-9-11-6-4-5-7-12(11)13;/h4-9,14,16-17H,3H2,1-2H3;1H. The molecule has 2 aromatic rings. The number of halogens is 1. The lowest BCUT2D eigenvalue weighted by Crippen LogP contribution is -2.16. The van der Waals surface area contributed by atoms with Crippen molar-refractivity contribution in [2.24, 2.45) is 0 Å². The van der Waals surface area contributed by atoms with Crippen LogP contribution >= 0.6 is 12.4 Å². The molecule has 0 saturated carbocycles. The molecule has 0 radical (unpaired) electrons. The molecule has 3 nitrogen and oxygen atoms in total. The first-order valence-corrected chi connectivity index (χ1v) is 6.02. The van der Waals surface area contributed by atoms with E-state index in [1.165, 1.54) is 0 Å². The van der Waals surface area contributed by atoms with E-state index in [4.69, 9.17) is 10.1 Å². The van der Waals surface area contributed by atoms with Crippen LogP contribution in [0.2, 0.25) is 0 Å². The van der Waals surface area contributed by atoms with E-state index < -0.39 is 6.10 Å². The normalized spacial score (nSPS) is 11.7. The molecular weight excluding hydrogens is 262 g/mol. The van der Waals surface area contributed by atoms with Crippen LogP contribution in [0.25, 0.3) is 10.8 Å². The number of aryl methyl sites for hydroxylation is 1. The SMILES string of the molecule is CCOC(=N)C(O)c1c(C)ccc2ccccc12.Cl. The van der Waals surface area contributed by atoms with Gasteiger partial charge in [0.05, 0.1) is 6.61 Å².